The normalized spacial score (nSPS) is 12.2. The maximum atomic E-state index is 13.4. The van der Waals surface area contributed by atoms with E-state index in [0.717, 1.165) is 4.57 Å². The molecular formula is C22H20F3NO3. The molecule has 4 nitrogen and oxygen atoms in total. The van der Waals surface area contributed by atoms with Gasteiger partial charge in [0, 0.05) is 10.9 Å². The first-order valence-corrected chi connectivity index (χ1v) is 9.00. The van der Waals surface area contributed by atoms with E-state index in [4.69, 9.17) is 4.74 Å². The molecule has 1 aromatic heterocycles. The van der Waals surface area contributed by atoms with Gasteiger partial charge in [0.2, 0.25) is 0 Å². The zero-order chi connectivity index (χ0) is 21.4. The van der Waals surface area contributed by atoms with Crippen molar-refractivity contribution in [2.24, 2.45) is 0 Å². The van der Waals surface area contributed by atoms with Crippen LogP contribution in [0.2, 0.25) is 0 Å². The average Bonchev–Trinajstić information content (AvgIpc) is 2.92. The molecule has 0 aliphatic rings. The Morgan fingerprint density at radius 1 is 0.931 bits per heavy atom. The van der Waals surface area contributed by atoms with Crippen LogP contribution in [-0.4, -0.2) is 28.2 Å². The van der Waals surface area contributed by atoms with E-state index in [2.05, 4.69) is 0 Å². The number of rotatable bonds is 3. The number of hydrogen-bond donors (Lipinski definition) is 0. The molecule has 2 aromatic carbocycles. The van der Waals surface area contributed by atoms with Gasteiger partial charge in [-0.15, -0.1) is 0 Å². The third-order valence-electron chi connectivity index (χ3n) is 4.18. The number of ether oxygens (including phenoxy) is 1. The molecule has 3 aromatic rings. The lowest BCUT2D eigenvalue weighted by Crippen LogP contribution is -2.29. The number of para-hydroxylation sites is 1. The molecule has 0 unspecified atom stereocenters. The van der Waals surface area contributed by atoms with Crippen molar-refractivity contribution in [1.82, 2.24) is 4.57 Å². The number of fused-ring (bicyclic) bond motifs is 1. The van der Waals surface area contributed by atoms with Gasteiger partial charge in [0.25, 0.3) is 0 Å². The van der Waals surface area contributed by atoms with Gasteiger partial charge in [-0.05, 0) is 26.8 Å². The molecule has 0 atom stereocenters. The number of halogens is 3. The maximum Gasteiger partial charge on any atom is 0.419 e. The lowest BCUT2D eigenvalue weighted by Gasteiger charge is -2.21. The Balaban J connectivity index is 2.31. The molecule has 0 saturated carbocycles. The van der Waals surface area contributed by atoms with E-state index >= 15 is 0 Å². The molecule has 0 radical (unpaired) electrons. The van der Waals surface area contributed by atoms with Gasteiger partial charge in [0.15, 0.2) is 5.78 Å². The van der Waals surface area contributed by atoms with Crippen molar-refractivity contribution in [3.8, 4) is 0 Å². The van der Waals surface area contributed by atoms with Crippen molar-refractivity contribution in [2.75, 3.05) is 0 Å². The number of hydrogen-bond acceptors (Lipinski definition) is 3. The summed E-state index contributed by atoms with van der Waals surface area (Å²) in [7, 11) is 0. The monoisotopic (exact) mass is 403 g/mol. The van der Waals surface area contributed by atoms with Crippen molar-refractivity contribution in [1.29, 1.82) is 0 Å². The summed E-state index contributed by atoms with van der Waals surface area (Å²) in [4.78, 5) is 26.0. The smallest absolute Gasteiger partial charge is 0.419 e. The Bertz CT molecular complexity index is 1060. The number of benzene rings is 2. The fourth-order valence-corrected chi connectivity index (χ4v) is 3.15. The summed E-state index contributed by atoms with van der Waals surface area (Å²) in [5.74, 6) is -0.580. The highest BCUT2D eigenvalue weighted by atomic mass is 19.4. The first-order valence-electron chi connectivity index (χ1n) is 9.00. The van der Waals surface area contributed by atoms with Crippen LogP contribution >= 0.6 is 0 Å². The Morgan fingerprint density at radius 2 is 1.52 bits per heavy atom. The molecule has 1 heterocycles. The van der Waals surface area contributed by atoms with E-state index in [9.17, 15) is 22.8 Å². The lowest BCUT2D eigenvalue weighted by atomic mass is 9.99. The maximum absolute atomic E-state index is 13.4. The van der Waals surface area contributed by atoms with Crippen molar-refractivity contribution < 1.29 is 27.5 Å². The van der Waals surface area contributed by atoms with Gasteiger partial charge in [-0.3, -0.25) is 4.79 Å². The zero-order valence-corrected chi connectivity index (χ0v) is 16.2. The number of nitrogens with zero attached hydrogens (tertiary/aromatic N) is 1. The molecular weight excluding hydrogens is 383 g/mol. The summed E-state index contributed by atoms with van der Waals surface area (Å²) in [5.41, 5.74) is -1.05. The Hall–Kier alpha value is -3.09. The third-order valence-corrected chi connectivity index (χ3v) is 4.18. The summed E-state index contributed by atoms with van der Waals surface area (Å²) in [5, 5.41) is 0.270. The molecule has 0 amide bonds. The average molecular weight is 403 g/mol. The quantitative estimate of drug-likeness (QED) is 0.523. The Kier molecular flexibility index (Phi) is 5.26. The van der Waals surface area contributed by atoms with Crippen molar-refractivity contribution in [3.63, 3.8) is 0 Å². The van der Waals surface area contributed by atoms with Crippen LogP contribution < -0.4 is 0 Å². The lowest BCUT2D eigenvalue weighted by molar-refractivity contribution is -0.128. The second-order valence-electron chi connectivity index (χ2n) is 7.64. The summed E-state index contributed by atoms with van der Waals surface area (Å²) in [6, 6.07) is 14.3. The highest BCUT2D eigenvalue weighted by Crippen LogP contribution is 2.33. The highest BCUT2D eigenvalue weighted by molar-refractivity contribution is 6.18. The summed E-state index contributed by atoms with van der Waals surface area (Å²) in [6.07, 6.45) is -7.02. The van der Waals surface area contributed by atoms with Gasteiger partial charge >= 0.3 is 12.3 Å². The van der Waals surface area contributed by atoms with E-state index in [1.807, 2.05) is 0 Å². The largest absolute Gasteiger partial charge is 0.443 e. The highest BCUT2D eigenvalue weighted by Gasteiger charge is 2.36. The van der Waals surface area contributed by atoms with Gasteiger partial charge < -0.3 is 4.74 Å². The van der Waals surface area contributed by atoms with Crippen molar-refractivity contribution in [3.05, 3.63) is 71.4 Å². The third kappa shape index (κ3) is 4.50. The first-order chi connectivity index (χ1) is 13.5. The molecule has 3 rings (SSSR count). The van der Waals surface area contributed by atoms with Gasteiger partial charge in [0.1, 0.15) is 5.60 Å². The standard InChI is InChI=1S/C22H20F3NO3/c1-21(2,3)29-20(28)26-16-12-8-7-11-15(16)18(17(26)13-22(23,24)25)19(27)14-9-5-4-6-10-14/h4-12H,13H2,1-3H3. The molecule has 152 valence electrons. The molecule has 0 aliphatic heterocycles. The van der Waals surface area contributed by atoms with E-state index in [1.54, 1.807) is 51.1 Å². The molecule has 29 heavy (non-hydrogen) atoms. The summed E-state index contributed by atoms with van der Waals surface area (Å²) in [6.45, 7) is 4.86. The van der Waals surface area contributed by atoms with Crippen LogP contribution in [0, 0.1) is 0 Å². The van der Waals surface area contributed by atoms with Crippen LogP contribution in [0.1, 0.15) is 42.4 Å². The molecule has 0 fully saturated rings. The first kappa shape index (κ1) is 20.6. The van der Waals surface area contributed by atoms with E-state index in [0.29, 0.717) is 0 Å². The van der Waals surface area contributed by atoms with Gasteiger partial charge in [-0.25, -0.2) is 9.36 Å². The minimum absolute atomic E-state index is 0.144. The summed E-state index contributed by atoms with van der Waals surface area (Å²) < 4.78 is 46.5. The van der Waals surface area contributed by atoms with E-state index < -0.39 is 35.8 Å². The number of carbonyl (C=O) groups excluding carboxylic acids is 2. The molecule has 0 N–H and O–H groups in total. The predicted molar refractivity (Wildman–Crippen MR) is 103 cm³/mol. The molecule has 0 saturated heterocycles. The second kappa shape index (κ2) is 7.39. The van der Waals surface area contributed by atoms with Gasteiger partial charge in [-0.2, -0.15) is 13.2 Å². The fourth-order valence-electron chi connectivity index (χ4n) is 3.15. The number of carbonyl (C=O) groups is 2. The minimum atomic E-state index is -4.63. The van der Waals surface area contributed by atoms with E-state index in [1.165, 1.54) is 24.3 Å². The SMILES string of the molecule is CC(C)(C)OC(=O)n1c(CC(F)(F)F)c(C(=O)c2ccccc2)c2ccccc21. The van der Waals surface area contributed by atoms with Crippen LogP contribution in [0.5, 0.6) is 0 Å². The van der Waals surface area contributed by atoms with Crippen LogP contribution in [0.4, 0.5) is 18.0 Å². The topological polar surface area (TPSA) is 48.3 Å². The van der Waals surface area contributed by atoms with Crippen LogP contribution in [0.15, 0.2) is 54.6 Å². The molecule has 0 bridgehead atoms. The molecule has 7 heteroatoms. The number of alkyl halides is 3. The van der Waals surface area contributed by atoms with Crippen LogP contribution in [0.25, 0.3) is 10.9 Å². The molecule has 0 spiro atoms. The zero-order valence-electron chi connectivity index (χ0n) is 16.2. The van der Waals surface area contributed by atoms with Crippen molar-refractivity contribution in [2.45, 2.75) is 39.0 Å². The van der Waals surface area contributed by atoms with Crippen molar-refractivity contribution >= 4 is 22.8 Å². The Morgan fingerprint density at radius 3 is 2.10 bits per heavy atom. The van der Waals surface area contributed by atoms with Crippen LogP contribution in [0.3, 0.4) is 0 Å². The molecule has 0 aliphatic carbocycles. The van der Waals surface area contributed by atoms with Crippen LogP contribution in [-0.2, 0) is 11.2 Å². The number of aromatic nitrogens is 1. The van der Waals surface area contributed by atoms with Gasteiger partial charge in [0.05, 0.1) is 23.2 Å². The Labute approximate surface area is 165 Å². The minimum Gasteiger partial charge on any atom is -0.443 e. The van der Waals surface area contributed by atoms with Gasteiger partial charge in [-0.1, -0.05) is 48.5 Å². The summed E-state index contributed by atoms with van der Waals surface area (Å²) >= 11 is 0. The fraction of sp³-hybridized carbons (Fsp3) is 0.273. The van der Waals surface area contributed by atoms with E-state index in [-0.39, 0.29) is 22.0 Å². The second-order valence-corrected chi connectivity index (χ2v) is 7.64. The predicted octanol–water partition coefficient (Wildman–Crippen LogP) is 5.76. The number of ketones is 1.